The highest BCUT2D eigenvalue weighted by atomic mass is 16.5. The number of morpholine rings is 1. The van der Waals surface area contributed by atoms with Crippen molar-refractivity contribution in [2.45, 2.75) is 26.1 Å². The van der Waals surface area contributed by atoms with Gasteiger partial charge in [0.05, 0.1) is 36.8 Å². The van der Waals surface area contributed by atoms with Crippen LogP contribution in [0.4, 0.5) is 0 Å². The number of aromatic nitrogens is 4. The van der Waals surface area contributed by atoms with Crippen LogP contribution in [-0.2, 0) is 17.8 Å². The molecule has 3 aromatic rings. The van der Waals surface area contributed by atoms with Gasteiger partial charge in [-0.2, -0.15) is 10.2 Å². The van der Waals surface area contributed by atoms with Gasteiger partial charge in [0.25, 0.3) is 0 Å². The quantitative estimate of drug-likeness (QED) is 0.717. The Morgan fingerprint density at radius 3 is 2.88 bits per heavy atom. The molecule has 0 spiro atoms. The Hall–Kier alpha value is -2.44. The Balaban J connectivity index is 1.37. The van der Waals surface area contributed by atoms with E-state index in [4.69, 9.17) is 9.84 Å². The van der Waals surface area contributed by atoms with Crippen molar-refractivity contribution >= 4 is 0 Å². The third-order valence-electron chi connectivity index (χ3n) is 4.43. The first-order valence-electron chi connectivity index (χ1n) is 8.69. The summed E-state index contributed by atoms with van der Waals surface area (Å²) in [6.07, 6.45) is 6.14. The van der Waals surface area contributed by atoms with Gasteiger partial charge in [0.15, 0.2) is 0 Å². The van der Waals surface area contributed by atoms with E-state index in [-0.39, 0.29) is 6.10 Å². The predicted octanol–water partition coefficient (Wildman–Crippen LogP) is 2.28. The third-order valence-corrected chi connectivity index (χ3v) is 4.43. The third kappa shape index (κ3) is 3.97. The van der Waals surface area contributed by atoms with Gasteiger partial charge in [0.1, 0.15) is 0 Å². The molecule has 1 fully saturated rings. The van der Waals surface area contributed by atoms with Gasteiger partial charge in [0, 0.05) is 32.0 Å². The molecule has 25 heavy (non-hydrogen) atoms. The molecule has 130 valence electrons. The fraction of sp³-hybridized carbons (Fsp3) is 0.368. The van der Waals surface area contributed by atoms with Crippen LogP contribution in [0.15, 0.2) is 55.0 Å². The Labute approximate surface area is 147 Å². The summed E-state index contributed by atoms with van der Waals surface area (Å²) in [5.41, 5.74) is 3.35. The van der Waals surface area contributed by atoms with Crippen LogP contribution >= 0.6 is 0 Å². The van der Waals surface area contributed by atoms with Gasteiger partial charge >= 0.3 is 0 Å². The van der Waals surface area contributed by atoms with E-state index < -0.39 is 0 Å². The molecule has 1 saturated heterocycles. The van der Waals surface area contributed by atoms with Crippen LogP contribution in [0.1, 0.15) is 11.3 Å². The highest BCUT2D eigenvalue weighted by molar-refractivity contribution is 5.30. The Morgan fingerprint density at radius 1 is 1.20 bits per heavy atom. The van der Waals surface area contributed by atoms with Crippen molar-refractivity contribution in [1.29, 1.82) is 0 Å². The van der Waals surface area contributed by atoms with Crippen molar-refractivity contribution in [1.82, 2.24) is 24.5 Å². The number of nitrogens with zero attached hydrogens (tertiary/aromatic N) is 5. The minimum Gasteiger partial charge on any atom is -0.374 e. The van der Waals surface area contributed by atoms with Crippen molar-refractivity contribution < 1.29 is 4.74 Å². The Kier molecular flexibility index (Phi) is 4.63. The predicted molar refractivity (Wildman–Crippen MR) is 95.5 cm³/mol. The van der Waals surface area contributed by atoms with E-state index in [0.717, 1.165) is 44.2 Å². The lowest BCUT2D eigenvalue weighted by molar-refractivity contribution is -0.0405. The summed E-state index contributed by atoms with van der Waals surface area (Å²) in [6.45, 7) is 6.29. The number of aryl methyl sites for hydroxylation is 1. The van der Waals surface area contributed by atoms with Gasteiger partial charge in [-0.25, -0.2) is 4.68 Å². The number of rotatable bonds is 5. The lowest BCUT2D eigenvalue weighted by Gasteiger charge is -2.32. The first-order valence-corrected chi connectivity index (χ1v) is 8.69. The number of ether oxygens (including phenoxy) is 1. The zero-order chi connectivity index (χ0) is 17.1. The minimum absolute atomic E-state index is 0.171. The topological polar surface area (TPSA) is 48.1 Å². The summed E-state index contributed by atoms with van der Waals surface area (Å²) in [5, 5.41) is 9.06. The Bertz CT molecular complexity index is 810. The second-order valence-electron chi connectivity index (χ2n) is 6.55. The summed E-state index contributed by atoms with van der Waals surface area (Å²) >= 11 is 0. The molecule has 0 amide bonds. The molecule has 1 aromatic carbocycles. The van der Waals surface area contributed by atoms with E-state index in [0.29, 0.717) is 0 Å². The second-order valence-corrected chi connectivity index (χ2v) is 6.55. The fourth-order valence-corrected chi connectivity index (χ4v) is 3.21. The molecule has 6 heteroatoms. The maximum Gasteiger partial charge on any atom is 0.0898 e. The summed E-state index contributed by atoms with van der Waals surface area (Å²) in [5.74, 6) is 0. The van der Waals surface area contributed by atoms with Gasteiger partial charge < -0.3 is 4.74 Å². The van der Waals surface area contributed by atoms with Gasteiger partial charge in [-0.15, -0.1) is 0 Å². The molecule has 3 heterocycles. The standard InChI is InChI=1S/C19H23N5O/c1-16-11-20-23(12-16)15-19-14-22(9-10-25-19)13-17-7-8-24(21-17)18-5-3-2-4-6-18/h2-8,11-12,19H,9-10,13-15H2,1H3. The van der Waals surface area contributed by atoms with Crippen LogP contribution in [0.3, 0.4) is 0 Å². The number of hydrogen-bond acceptors (Lipinski definition) is 4. The van der Waals surface area contributed by atoms with Crippen molar-refractivity contribution in [3.8, 4) is 5.69 Å². The lowest BCUT2D eigenvalue weighted by atomic mass is 10.2. The van der Waals surface area contributed by atoms with Crippen molar-refractivity contribution in [3.63, 3.8) is 0 Å². The van der Waals surface area contributed by atoms with E-state index in [9.17, 15) is 0 Å². The fourth-order valence-electron chi connectivity index (χ4n) is 3.21. The molecule has 1 aliphatic heterocycles. The van der Waals surface area contributed by atoms with E-state index in [2.05, 4.69) is 41.3 Å². The van der Waals surface area contributed by atoms with Crippen LogP contribution in [0.5, 0.6) is 0 Å². The minimum atomic E-state index is 0.171. The van der Waals surface area contributed by atoms with Crippen LogP contribution < -0.4 is 0 Å². The molecule has 6 nitrogen and oxygen atoms in total. The maximum absolute atomic E-state index is 5.91. The average molecular weight is 337 g/mol. The first-order chi connectivity index (χ1) is 12.3. The lowest BCUT2D eigenvalue weighted by Crippen LogP contribution is -2.43. The molecule has 1 atom stereocenters. The monoisotopic (exact) mass is 337 g/mol. The molecular formula is C19H23N5O. The number of hydrogen-bond donors (Lipinski definition) is 0. The van der Waals surface area contributed by atoms with Crippen molar-refractivity contribution in [2.24, 2.45) is 0 Å². The van der Waals surface area contributed by atoms with Gasteiger partial charge in [-0.05, 0) is 30.7 Å². The molecule has 1 unspecified atom stereocenters. The van der Waals surface area contributed by atoms with Gasteiger partial charge in [-0.1, -0.05) is 18.2 Å². The van der Waals surface area contributed by atoms with Gasteiger partial charge in [0.2, 0.25) is 0 Å². The Morgan fingerprint density at radius 2 is 2.08 bits per heavy atom. The number of benzene rings is 1. The van der Waals surface area contributed by atoms with Crippen LogP contribution in [0.25, 0.3) is 5.69 Å². The molecule has 0 aliphatic carbocycles. The maximum atomic E-state index is 5.91. The largest absolute Gasteiger partial charge is 0.374 e. The van der Waals surface area contributed by atoms with Crippen molar-refractivity contribution in [2.75, 3.05) is 19.7 Å². The molecule has 2 aromatic heterocycles. The smallest absolute Gasteiger partial charge is 0.0898 e. The highest BCUT2D eigenvalue weighted by Gasteiger charge is 2.21. The summed E-state index contributed by atoms with van der Waals surface area (Å²) < 4.78 is 9.80. The van der Waals surface area contributed by atoms with Crippen LogP contribution in [-0.4, -0.2) is 50.3 Å². The zero-order valence-corrected chi connectivity index (χ0v) is 14.5. The molecule has 1 aliphatic rings. The number of para-hydroxylation sites is 1. The van der Waals surface area contributed by atoms with Crippen LogP contribution in [0.2, 0.25) is 0 Å². The SMILES string of the molecule is Cc1cnn(CC2CN(Cc3ccn(-c4ccccc4)n3)CCO2)c1. The average Bonchev–Trinajstić information content (AvgIpc) is 3.25. The summed E-state index contributed by atoms with van der Waals surface area (Å²) in [6, 6.07) is 12.3. The van der Waals surface area contributed by atoms with E-state index in [1.807, 2.05) is 40.0 Å². The zero-order valence-electron chi connectivity index (χ0n) is 14.5. The molecule has 0 N–H and O–H groups in total. The molecule has 0 saturated carbocycles. The van der Waals surface area contributed by atoms with E-state index in [1.165, 1.54) is 5.56 Å². The van der Waals surface area contributed by atoms with Gasteiger partial charge in [-0.3, -0.25) is 9.58 Å². The first kappa shape index (κ1) is 16.1. The molecule has 4 rings (SSSR count). The van der Waals surface area contributed by atoms with E-state index >= 15 is 0 Å². The van der Waals surface area contributed by atoms with Crippen molar-refractivity contribution in [3.05, 3.63) is 66.2 Å². The normalized spacial score (nSPS) is 18.5. The summed E-state index contributed by atoms with van der Waals surface area (Å²) in [7, 11) is 0. The summed E-state index contributed by atoms with van der Waals surface area (Å²) in [4.78, 5) is 2.40. The second kappa shape index (κ2) is 7.21. The molecular weight excluding hydrogens is 314 g/mol. The van der Waals surface area contributed by atoms with E-state index in [1.54, 1.807) is 0 Å². The highest BCUT2D eigenvalue weighted by Crippen LogP contribution is 2.13. The molecule has 0 radical (unpaired) electrons. The van der Waals surface area contributed by atoms with Crippen LogP contribution in [0, 0.1) is 6.92 Å². The molecule has 0 bridgehead atoms.